The summed E-state index contributed by atoms with van der Waals surface area (Å²) in [6.07, 6.45) is 0.576. The first-order valence-electron chi connectivity index (χ1n) is 6.16. The van der Waals surface area contributed by atoms with Crippen molar-refractivity contribution in [2.24, 2.45) is 0 Å². The zero-order chi connectivity index (χ0) is 16.6. The van der Waals surface area contributed by atoms with Gasteiger partial charge in [-0.3, -0.25) is 0 Å². The van der Waals surface area contributed by atoms with E-state index in [-0.39, 0.29) is 20.5 Å². The molecule has 0 atom stereocenters. The molecule has 118 valence electrons. The molecule has 0 aromatic heterocycles. The lowest BCUT2D eigenvalue weighted by Gasteiger charge is -2.34. The average molecular weight is 354 g/mol. The molecular formula is C13H17Cl2NO4S. The molecule has 0 radical (unpaired) electrons. The van der Waals surface area contributed by atoms with Crippen molar-refractivity contribution < 1.29 is 18.3 Å². The van der Waals surface area contributed by atoms with E-state index in [2.05, 4.69) is 0 Å². The van der Waals surface area contributed by atoms with E-state index in [4.69, 9.17) is 28.3 Å². The minimum Gasteiger partial charge on any atom is -0.478 e. The SMILES string of the molecule is CCC(C)(C)N(C)S(=O)(=O)c1cc(Cl)cc(C(=O)O)c1Cl. The average Bonchev–Trinajstić information content (AvgIpc) is 2.39. The molecule has 0 aliphatic heterocycles. The molecule has 0 fully saturated rings. The molecule has 0 amide bonds. The van der Waals surface area contributed by atoms with Gasteiger partial charge in [0.1, 0.15) is 4.90 Å². The van der Waals surface area contributed by atoms with E-state index in [9.17, 15) is 13.2 Å². The number of halogens is 2. The second-order valence-electron chi connectivity index (χ2n) is 5.21. The molecule has 0 aliphatic carbocycles. The summed E-state index contributed by atoms with van der Waals surface area (Å²) in [6, 6.07) is 2.28. The van der Waals surface area contributed by atoms with Gasteiger partial charge in [-0.15, -0.1) is 0 Å². The van der Waals surface area contributed by atoms with Gasteiger partial charge in [0.25, 0.3) is 0 Å². The van der Waals surface area contributed by atoms with Crippen LogP contribution in [0.4, 0.5) is 0 Å². The smallest absolute Gasteiger partial charge is 0.337 e. The maximum absolute atomic E-state index is 12.7. The van der Waals surface area contributed by atoms with Crippen molar-refractivity contribution in [1.82, 2.24) is 4.31 Å². The third-order valence-corrected chi connectivity index (χ3v) is 6.42. The highest BCUT2D eigenvalue weighted by atomic mass is 35.5. The van der Waals surface area contributed by atoms with Crippen LogP contribution in [-0.2, 0) is 10.0 Å². The molecule has 1 aromatic rings. The molecular weight excluding hydrogens is 337 g/mol. The first-order valence-corrected chi connectivity index (χ1v) is 8.36. The number of carboxylic acid groups (broad SMARTS) is 1. The molecule has 1 rings (SSSR count). The van der Waals surface area contributed by atoms with Gasteiger partial charge in [-0.1, -0.05) is 30.1 Å². The number of hydrogen-bond donors (Lipinski definition) is 1. The summed E-state index contributed by atoms with van der Waals surface area (Å²) < 4.78 is 26.5. The minimum atomic E-state index is -3.96. The highest BCUT2D eigenvalue weighted by Crippen LogP contribution is 2.34. The first kappa shape index (κ1) is 18.2. The predicted octanol–water partition coefficient (Wildman–Crippen LogP) is 3.50. The summed E-state index contributed by atoms with van der Waals surface area (Å²) >= 11 is 11.8. The summed E-state index contributed by atoms with van der Waals surface area (Å²) in [4.78, 5) is 10.8. The van der Waals surface area contributed by atoms with E-state index in [1.165, 1.54) is 11.4 Å². The maximum Gasteiger partial charge on any atom is 0.337 e. The third kappa shape index (κ3) is 3.51. The molecule has 8 heteroatoms. The van der Waals surface area contributed by atoms with E-state index < -0.39 is 21.5 Å². The number of hydrogen-bond acceptors (Lipinski definition) is 3. The van der Waals surface area contributed by atoms with Crippen LogP contribution in [0.2, 0.25) is 10.0 Å². The molecule has 21 heavy (non-hydrogen) atoms. The summed E-state index contributed by atoms with van der Waals surface area (Å²) in [7, 11) is -2.54. The van der Waals surface area contributed by atoms with E-state index in [1.54, 1.807) is 13.8 Å². The molecule has 0 unspecified atom stereocenters. The highest BCUT2D eigenvalue weighted by molar-refractivity contribution is 7.89. The Morgan fingerprint density at radius 2 is 1.86 bits per heavy atom. The van der Waals surface area contributed by atoms with Crippen LogP contribution in [0.1, 0.15) is 37.6 Å². The number of aromatic carboxylic acids is 1. The molecule has 0 aliphatic rings. The quantitative estimate of drug-likeness (QED) is 0.878. The minimum absolute atomic E-state index is 0.00178. The number of rotatable bonds is 5. The standard InChI is InChI=1S/C13H17Cl2NO4S/c1-5-13(2,3)16(4)21(19,20)10-7-8(14)6-9(11(10)15)12(17)18/h6-7H,5H2,1-4H3,(H,17,18). The Bertz CT molecular complexity index is 671. The Kier molecular flexibility index (Phi) is 5.31. The van der Waals surface area contributed by atoms with E-state index >= 15 is 0 Å². The fourth-order valence-corrected chi connectivity index (χ4v) is 4.06. The Labute approximate surface area is 134 Å². The van der Waals surface area contributed by atoms with Crippen molar-refractivity contribution in [3.8, 4) is 0 Å². The molecule has 0 heterocycles. The van der Waals surface area contributed by atoms with Gasteiger partial charge in [0.05, 0.1) is 10.6 Å². The van der Waals surface area contributed by atoms with Gasteiger partial charge in [-0.25, -0.2) is 13.2 Å². The Balaban J connectivity index is 3.57. The zero-order valence-corrected chi connectivity index (χ0v) is 14.5. The summed E-state index contributed by atoms with van der Waals surface area (Å²) in [5.41, 5.74) is -0.987. The number of benzene rings is 1. The Morgan fingerprint density at radius 3 is 2.29 bits per heavy atom. The van der Waals surface area contributed by atoms with Crippen molar-refractivity contribution in [2.75, 3.05) is 7.05 Å². The molecule has 0 saturated heterocycles. The summed E-state index contributed by atoms with van der Waals surface area (Å²) in [5.74, 6) is -1.34. The summed E-state index contributed by atoms with van der Waals surface area (Å²) in [6.45, 7) is 5.39. The van der Waals surface area contributed by atoms with Crippen molar-refractivity contribution >= 4 is 39.2 Å². The van der Waals surface area contributed by atoms with Gasteiger partial charge in [0.2, 0.25) is 10.0 Å². The number of carboxylic acids is 1. The molecule has 5 nitrogen and oxygen atoms in total. The van der Waals surface area contributed by atoms with Crippen LogP contribution >= 0.6 is 23.2 Å². The van der Waals surface area contributed by atoms with Crippen LogP contribution in [-0.4, -0.2) is 36.4 Å². The van der Waals surface area contributed by atoms with Crippen molar-refractivity contribution in [3.05, 3.63) is 27.7 Å². The van der Waals surface area contributed by atoms with Crippen molar-refractivity contribution in [3.63, 3.8) is 0 Å². The van der Waals surface area contributed by atoms with Crippen LogP contribution in [0.25, 0.3) is 0 Å². The van der Waals surface area contributed by atoms with E-state index in [0.29, 0.717) is 6.42 Å². The normalized spacial score (nSPS) is 12.7. The fraction of sp³-hybridized carbons (Fsp3) is 0.462. The number of nitrogens with zero attached hydrogens (tertiary/aromatic N) is 1. The van der Waals surface area contributed by atoms with Gasteiger partial charge in [0.15, 0.2) is 0 Å². The summed E-state index contributed by atoms with van der Waals surface area (Å²) in [5, 5.41) is 8.73. The van der Waals surface area contributed by atoms with Crippen molar-refractivity contribution in [1.29, 1.82) is 0 Å². The van der Waals surface area contributed by atoms with E-state index in [0.717, 1.165) is 12.1 Å². The fourth-order valence-electron chi connectivity index (χ4n) is 1.60. The maximum atomic E-state index is 12.7. The van der Waals surface area contributed by atoms with E-state index in [1.807, 2.05) is 6.92 Å². The monoisotopic (exact) mass is 353 g/mol. The zero-order valence-electron chi connectivity index (χ0n) is 12.1. The Morgan fingerprint density at radius 1 is 1.33 bits per heavy atom. The lowest BCUT2D eigenvalue weighted by Crippen LogP contribution is -2.44. The second kappa shape index (κ2) is 6.12. The molecule has 1 N–H and O–H groups in total. The van der Waals surface area contributed by atoms with Crippen LogP contribution in [0, 0.1) is 0 Å². The van der Waals surface area contributed by atoms with Crippen molar-refractivity contribution in [2.45, 2.75) is 37.6 Å². The highest BCUT2D eigenvalue weighted by Gasteiger charge is 2.35. The number of carbonyl (C=O) groups is 1. The predicted molar refractivity (Wildman–Crippen MR) is 82.7 cm³/mol. The van der Waals surface area contributed by atoms with Crippen LogP contribution in [0.3, 0.4) is 0 Å². The molecule has 0 spiro atoms. The molecule has 0 bridgehead atoms. The van der Waals surface area contributed by atoms with Gasteiger partial charge in [-0.2, -0.15) is 4.31 Å². The van der Waals surface area contributed by atoms with Gasteiger partial charge in [-0.05, 0) is 32.4 Å². The molecule has 1 aromatic carbocycles. The second-order valence-corrected chi connectivity index (χ2v) is 7.96. The van der Waals surface area contributed by atoms with Gasteiger partial charge < -0.3 is 5.11 Å². The van der Waals surface area contributed by atoms with Gasteiger partial charge >= 0.3 is 5.97 Å². The molecule has 0 saturated carbocycles. The lowest BCUT2D eigenvalue weighted by molar-refractivity contribution is 0.0697. The van der Waals surface area contributed by atoms with Crippen LogP contribution in [0.15, 0.2) is 17.0 Å². The topological polar surface area (TPSA) is 74.7 Å². The first-order chi connectivity index (χ1) is 9.45. The Hall–Kier alpha value is -0.820. The lowest BCUT2D eigenvalue weighted by atomic mass is 10.0. The largest absolute Gasteiger partial charge is 0.478 e. The van der Waals surface area contributed by atoms with Crippen LogP contribution in [0.5, 0.6) is 0 Å². The van der Waals surface area contributed by atoms with Gasteiger partial charge in [0, 0.05) is 17.6 Å². The number of sulfonamides is 1. The third-order valence-electron chi connectivity index (χ3n) is 3.59. The van der Waals surface area contributed by atoms with Crippen LogP contribution < -0.4 is 0 Å².